The first-order valence-corrected chi connectivity index (χ1v) is 7.45. The molecule has 4 heteroatoms. The van der Waals surface area contributed by atoms with E-state index in [1.165, 1.54) is 6.07 Å². The van der Waals surface area contributed by atoms with Crippen molar-refractivity contribution in [3.05, 3.63) is 35.1 Å². The minimum Gasteiger partial charge on any atom is -0.306 e. The Bertz CT molecular complexity index is 476. The van der Waals surface area contributed by atoms with Crippen molar-refractivity contribution in [1.29, 1.82) is 0 Å². The molecular weight excluding hydrogens is 237 g/mol. The Labute approximate surface area is 103 Å². The Morgan fingerprint density at radius 2 is 2.29 bits per heavy atom. The Balaban J connectivity index is 2.01. The Hall–Kier alpha value is -0.740. The highest BCUT2D eigenvalue weighted by Gasteiger charge is 2.38. The van der Waals surface area contributed by atoms with E-state index in [0.717, 1.165) is 29.7 Å². The maximum atomic E-state index is 13.2. The summed E-state index contributed by atoms with van der Waals surface area (Å²) in [6.45, 7) is 2.13. The van der Waals surface area contributed by atoms with E-state index in [0.29, 0.717) is 6.04 Å². The molecule has 1 aromatic carbocycles. The predicted molar refractivity (Wildman–Crippen MR) is 66.9 cm³/mol. The molecule has 0 amide bonds. The monoisotopic (exact) mass is 253 g/mol. The zero-order valence-electron chi connectivity index (χ0n) is 9.78. The van der Waals surface area contributed by atoms with Gasteiger partial charge in [-0.25, -0.2) is 4.39 Å². The standard InChI is InChI=1S/C13H16FNOS/c1-8-4-5-17(16)12-7-9-6-10(14)2-3-11(9)13(12)15-8/h2-3,6,8,12-13,15H,4-5,7H2,1H3. The molecule has 1 heterocycles. The fourth-order valence-corrected chi connectivity index (χ4v) is 4.65. The molecule has 0 radical (unpaired) electrons. The number of hydrogen-bond donors (Lipinski definition) is 1. The summed E-state index contributed by atoms with van der Waals surface area (Å²) in [5.41, 5.74) is 2.16. The Morgan fingerprint density at radius 3 is 3.12 bits per heavy atom. The molecule has 2 aliphatic rings. The second-order valence-corrected chi connectivity index (χ2v) is 6.78. The van der Waals surface area contributed by atoms with Crippen LogP contribution in [0.3, 0.4) is 0 Å². The summed E-state index contributed by atoms with van der Waals surface area (Å²) >= 11 is 0. The zero-order valence-corrected chi connectivity index (χ0v) is 10.6. The van der Waals surface area contributed by atoms with Crippen molar-refractivity contribution in [2.24, 2.45) is 0 Å². The van der Waals surface area contributed by atoms with Gasteiger partial charge < -0.3 is 5.32 Å². The third-order valence-corrected chi connectivity index (χ3v) is 5.54. The summed E-state index contributed by atoms with van der Waals surface area (Å²) in [6, 6.07) is 5.46. The maximum absolute atomic E-state index is 13.2. The van der Waals surface area contributed by atoms with Crippen LogP contribution in [0.1, 0.15) is 30.5 Å². The second-order valence-electron chi connectivity index (χ2n) is 5.00. The second kappa shape index (κ2) is 4.18. The van der Waals surface area contributed by atoms with Crippen molar-refractivity contribution in [2.75, 3.05) is 5.75 Å². The van der Waals surface area contributed by atoms with Gasteiger partial charge in [-0.3, -0.25) is 4.21 Å². The predicted octanol–water partition coefficient (Wildman–Crippen LogP) is 1.92. The van der Waals surface area contributed by atoms with Gasteiger partial charge in [0.2, 0.25) is 0 Å². The molecule has 2 nitrogen and oxygen atoms in total. The topological polar surface area (TPSA) is 29.1 Å². The molecule has 4 atom stereocenters. The van der Waals surface area contributed by atoms with Gasteiger partial charge >= 0.3 is 0 Å². The summed E-state index contributed by atoms with van der Waals surface area (Å²) < 4.78 is 25.4. The molecular formula is C13H16FNOS. The molecule has 17 heavy (non-hydrogen) atoms. The normalized spacial score (nSPS) is 36.1. The zero-order chi connectivity index (χ0) is 12.0. The first kappa shape index (κ1) is 11.4. The average Bonchev–Trinajstić information content (AvgIpc) is 2.57. The van der Waals surface area contributed by atoms with Crippen molar-refractivity contribution < 1.29 is 8.60 Å². The quantitative estimate of drug-likeness (QED) is 0.765. The third kappa shape index (κ3) is 1.93. The van der Waals surface area contributed by atoms with E-state index in [1.54, 1.807) is 6.07 Å². The van der Waals surface area contributed by atoms with Gasteiger partial charge in [0.15, 0.2) is 0 Å². The number of nitrogens with one attached hydrogen (secondary N) is 1. The Kier molecular flexibility index (Phi) is 2.79. The van der Waals surface area contributed by atoms with Gasteiger partial charge in [-0.2, -0.15) is 0 Å². The largest absolute Gasteiger partial charge is 0.306 e. The molecule has 1 N–H and O–H groups in total. The Morgan fingerprint density at radius 1 is 1.47 bits per heavy atom. The molecule has 1 aliphatic carbocycles. The van der Waals surface area contributed by atoms with Crippen molar-refractivity contribution in [1.82, 2.24) is 5.32 Å². The fraction of sp³-hybridized carbons (Fsp3) is 0.538. The van der Waals surface area contributed by atoms with Crippen LogP contribution >= 0.6 is 0 Å². The highest BCUT2D eigenvalue weighted by Crippen LogP contribution is 2.37. The van der Waals surface area contributed by atoms with Gasteiger partial charge in [-0.05, 0) is 43.0 Å². The first-order valence-electron chi connectivity index (χ1n) is 6.06. The molecule has 1 aliphatic heterocycles. The summed E-state index contributed by atoms with van der Waals surface area (Å²) in [7, 11) is -0.801. The molecule has 1 aromatic rings. The van der Waals surface area contributed by atoms with Crippen LogP contribution < -0.4 is 5.32 Å². The number of rotatable bonds is 0. The first-order chi connectivity index (χ1) is 8.15. The smallest absolute Gasteiger partial charge is 0.123 e. The lowest BCUT2D eigenvalue weighted by atomic mass is 10.1. The minimum absolute atomic E-state index is 0.122. The average molecular weight is 253 g/mol. The van der Waals surface area contributed by atoms with E-state index in [2.05, 4.69) is 12.2 Å². The van der Waals surface area contributed by atoms with E-state index >= 15 is 0 Å². The highest BCUT2D eigenvalue weighted by atomic mass is 32.2. The molecule has 3 rings (SSSR count). The van der Waals surface area contributed by atoms with Gasteiger partial charge in [0.05, 0.1) is 5.25 Å². The van der Waals surface area contributed by atoms with Gasteiger partial charge in [0, 0.05) is 28.6 Å². The van der Waals surface area contributed by atoms with Crippen LogP contribution in [0, 0.1) is 5.82 Å². The number of fused-ring (bicyclic) bond motifs is 3. The van der Waals surface area contributed by atoms with Crippen molar-refractivity contribution >= 4 is 10.8 Å². The van der Waals surface area contributed by atoms with Crippen LogP contribution in [0.5, 0.6) is 0 Å². The van der Waals surface area contributed by atoms with Crippen molar-refractivity contribution in [2.45, 2.75) is 37.1 Å². The van der Waals surface area contributed by atoms with Crippen LogP contribution in [-0.2, 0) is 17.2 Å². The maximum Gasteiger partial charge on any atom is 0.123 e. The fourth-order valence-electron chi connectivity index (χ4n) is 2.87. The molecule has 92 valence electrons. The van der Waals surface area contributed by atoms with E-state index < -0.39 is 10.8 Å². The molecule has 1 fully saturated rings. The molecule has 0 saturated carbocycles. The number of benzene rings is 1. The SMILES string of the molecule is CC1CCS(=O)C2Cc3cc(F)ccc3C2N1. The van der Waals surface area contributed by atoms with Gasteiger partial charge in [-0.1, -0.05) is 6.07 Å². The van der Waals surface area contributed by atoms with Crippen LogP contribution in [0.15, 0.2) is 18.2 Å². The third-order valence-electron chi connectivity index (χ3n) is 3.79. The highest BCUT2D eigenvalue weighted by molar-refractivity contribution is 7.85. The summed E-state index contributed by atoms with van der Waals surface area (Å²) in [4.78, 5) is 0. The van der Waals surface area contributed by atoms with Crippen LogP contribution in [0.4, 0.5) is 4.39 Å². The van der Waals surface area contributed by atoms with Crippen LogP contribution in [0.25, 0.3) is 0 Å². The summed E-state index contributed by atoms with van der Waals surface area (Å²) in [5.74, 6) is 0.560. The van der Waals surface area contributed by atoms with Crippen LogP contribution in [-0.4, -0.2) is 21.3 Å². The lowest BCUT2D eigenvalue weighted by Crippen LogP contribution is -2.33. The summed E-state index contributed by atoms with van der Waals surface area (Å²) in [5, 5.41) is 3.65. The lowest BCUT2D eigenvalue weighted by molar-refractivity contribution is 0.462. The van der Waals surface area contributed by atoms with Gasteiger partial charge in [0.1, 0.15) is 5.82 Å². The van der Waals surface area contributed by atoms with Crippen molar-refractivity contribution in [3.63, 3.8) is 0 Å². The minimum atomic E-state index is -0.801. The molecule has 1 saturated heterocycles. The molecule has 0 bridgehead atoms. The van der Waals surface area contributed by atoms with E-state index in [4.69, 9.17) is 0 Å². The van der Waals surface area contributed by atoms with Gasteiger partial charge in [0.25, 0.3) is 0 Å². The number of halogens is 1. The molecule has 0 spiro atoms. The van der Waals surface area contributed by atoms with Crippen molar-refractivity contribution in [3.8, 4) is 0 Å². The summed E-state index contributed by atoms with van der Waals surface area (Å²) in [6.07, 6.45) is 1.69. The van der Waals surface area contributed by atoms with Crippen LogP contribution in [0.2, 0.25) is 0 Å². The molecule has 0 aromatic heterocycles. The lowest BCUT2D eigenvalue weighted by Gasteiger charge is -2.20. The van der Waals surface area contributed by atoms with E-state index in [1.807, 2.05) is 6.07 Å². The molecule has 4 unspecified atom stereocenters. The number of hydrogen-bond acceptors (Lipinski definition) is 2. The van der Waals surface area contributed by atoms with E-state index in [-0.39, 0.29) is 17.1 Å². The van der Waals surface area contributed by atoms with E-state index in [9.17, 15) is 8.60 Å². The van der Waals surface area contributed by atoms with Gasteiger partial charge in [-0.15, -0.1) is 0 Å².